The number of benzene rings is 1. The fraction of sp³-hybridized carbons (Fsp3) is 0.143. The zero-order valence-corrected chi connectivity index (χ0v) is 17.1. The van der Waals surface area contributed by atoms with Crippen LogP contribution in [0.25, 0.3) is 16.7 Å². The third-order valence-electron chi connectivity index (χ3n) is 4.85. The normalized spacial score (nSPS) is 12.7. The fourth-order valence-corrected chi connectivity index (χ4v) is 4.00. The number of hydrogen-bond acceptors (Lipinski definition) is 6. The van der Waals surface area contributed by atoms with Crippen LogP contribution in [0.1, 0.15) is 18.7 Å². The van der Waals surface area contributed by atoms with Gasteiger partial charge >= 0.3 is 5.69 Å². The lowest BCUT2D eigenvalue weighted by molar-refractivity contribution is 0.558. The Bertz CT molecular complexity index is 1470. The van der Waals surface area contributed by atoms with E-state index >= 15 is 0 Å². The maximum Gasteiger partial charge on any atom is 0.337 e. The zero-order chi connectivity index (χ0) is 21.5. The average Bonchev–Trinajstić information content (AvgIpc) is 2.74. The third-order valence-corrected chi connectivity index (χ3v) is 5.96. The molecule has 3 aromatic heterocycles. The lowest BCUT2D eigenvalue weighted by atomic mass is 10.2. The molecule has 1 atom stereocenters. The van der Waals surface area contributed by atoms with Crippen molar-refractivity contribution in [3.8, 4) is 5.69 Å². The Morgan fingerprint density at radius 2 is 1.70 bits per heavy atom. The number of sulfone groups is 1. The Hall–Kier alpha value is -3.59. The summed E-state index contributed by atoms with van der Waals surface area (Å²) in [5, 5.41) is 0.240. The maximum absolute atomic E-state index is 13.5. The second-order valence-corrected chi connectivity index (χ2v) is 8.88. The molecule has 0 N–H and O–H groups in total. The topological polar surface area (TPSA) is 104 Å². The molecule has 0 aliphatic rings. The van der Waals surface area contributed by atoms with Crippen molar-refractivity contribution in [2.24, 2.45) is 0 Å². The van der Waals surface area contributed by atoms with E-state index in [4.69, 9.17) is 0 Å². The van der Waals surface area contributed by atoms with Crippen LogP contribution in [0.5, 0.6) is 0 Å². The van der Waals surface area contributed by atoms with Gasteiger partial charge in [0.2, 0.25) is 0 Å². The van der Waals surface area contributed by atoms with E-state index in [1.807, 2.05) is 0 Å². The summed E-state index contributed by atoms with van der Waals surface area (Å²) in [7, 11) is -3.49. The van der Waals surface area contributed by atoms with E-state index in [9.17, 15) is 18.0 Å². The molecule has 0 saturated carbocycles. The van der Waals surface area contributed by atoms with Crippen LogP contribution in [-0.4, -0.2) is 33.8 Å². The summed E-state index contributed by atoms with van der Waals surface area (Å²) in [5.74, 6) is 0. The molecule has 0 fully saturated rings. The van der Waals surface area contributed by atoms with Crippen LogP contribution < -0.4 is 11.2 Å². The van der Waals surface area contributed by atoms with Gasteiger partial charge in [0.05, 0.1) is 27.7 Å². The molecule has 0 aliphatic carbocycles. The SMILES string of the molecule is CC(c1ccccn1)n1c(=O)c2cccnc2n(-c2cccc(S(C)(=O)=O)c2)c1=O. The quantitative estimate of drug-likeness (QED) is 0.498. The second-order valence-electron chi connectivity index (χ2n) is 6.87. The molecule has 0 bridgehead atoms. The molecule has 4 rings (SSSR count). The van der Waals surface area contributed by atoms with Gasteiger partial charge in [-0.3, -0.25) is 14.3 Å². The van der Waals surface area contributed by atoms with Crippen LogP contribution in [0.4, 0.5) is 0 Å². The summed E-state index contributed by atoms with van der Waals surface area (Å²) in [4.78, 5) is 35.2. The Morgan fingerprint density at radius 1 is 0.933 bits per heavy atom. The van der Waals surface area contributed by atoms with Gasteiger partial charge in [-0.25, -0.2) is 22.8 Å². The summed E-state index contributed by atoms with van der Waals surface area (Å²) in [5.41, 5.74) is -0.112. The highest BCUT2D eigenvalue weighted by Gasteiger charge is 2.21. The van der Waals surface area contributed by atoms with Gasteiger partial charge in [0.25, 0.3) is 5.56 Å². The number of nitrogens with zero attached hydrogens (tertiary/aromatic N) is 4. The van der Waals surface area contributed by atoms with E-state index in [1.54, 1.807) is 55.6 Å². The highest BCUT2D eigenvalue weighted by molar-refractivity contribution is 7.90. The van der Waals surface area contributed by atoms with Crippen molar-refractivity contribution < 1.29 is 8.42 Å². The van der Waals surface area contributed by atoms with Gasteiger partial charge in [-0.2, -0.15) is 0 Å². The van der Waals surface area contributed by atoms with E-state index in [2.05, 4.69) is 9.97 Å². The van der Waals surface area contributed by atoms with Crippen LogP contribution in [0.3, 0.4) is 0 Å². The Kier molecular flexibility index (Phi) is 4.83. The number of hydrogen-bond donors (Lipinski definition) is 0. The molecule has 9 heteroatoms. The average molecular weight is 422 g/mol. The predicted octanol–water partition coefficient (Wildman–Crippen LogP) is 1.96. The molecule has 0 aliphatic heterocycles. The summed E-state index contributed by atoms with van der Waals surface area (Å²) in [6.45, 7) is 1.71. The highest BCUT2D eigenvalue weighted by atomic mass is 32.2. The first kappa shape index (κ1) is 19.7. The van der Waals surface area contributed by atoms with E-state index in [-0.39, 0.29) is 15.9 Å². The second kappa shape index (κ2) is 7.34. The molecule has 4 aromatic rings. The first-order chi connectivity index (χ1) is 14.3. The van der Waals surface area contributed by atoms with E-state index in [1.165, 1.54) is 22.9 Å². The maximum atomic E-state index is 13.5. The van der Waals surface area contributed by atoms with Gasteiger partial charge in [0.15, 0.2) is 15.5 Å². The lowest BCUT2D eigenvalue weighted by Crippen LogP contribution is -2.42. The molecule has 0 spiro atoms. The fourth-order valence-electron chi connectivity index (χ4n) is 3.34. The summed E-state index contributed by atoms with van der Waals surface area (Å²) in [6.07, 6.45) is 4.16. The minimum atomic E-state index is -3.49. The largest absolute Gasteiger partial charge is 0.337 e. The first-order valence-corrected chi connectivity index (χ1v) is 11.0. The van der Waals surface area contributed by atoms with Crippen molar-refractivity contribution in [2.45, 2.75) is 17.9 Å². The first-order valence-electron chi connectivity index (χ1n) is 9.13. The molecule has 30 heavy (non-hydrogen) atoms. The number of pyridine rings is 2. The number of rotatable bonds is 4. The van der Waals surface area contributed by atoms with Gasteiger partial charge in [0, 0.05) is 18.6 Å². The highest BCUT2D eigenvalue weighted by Crippen LogP contribution is 2.18. The van der Waals surface area contributed by atoms with Crippen molar-refractivity contribution >= 4 is 20.9 Å². The van der Waals surface area contributed by atoms with Gasteiger partial charge in [0.1, 0.15) is 0 Å². The van der Waals surface area contributed by atoms with Crippen molar-refractivity contribution in [2.75, 3.05) is 6.26 Å². The van der Waals surface area contributed by atoms with Crippen molar-refractivity contribution in [3.63, 3.8) is 0 Å². The van der Waals surface area contributed by atoms with Crippen LogP contribution in [0.2, 0.25) is 0 Å². The standard InChI is InChI=1S/C21H18N4O4S/c1-14(18-10-3-4-11-22-18)24-20(26)17-9-6-12-23-19(17)25(21(24)27)15-7-5-8-16(13-15)30(2,28)29/h3-14H,1-2H3. The molecule has 1 unspecified atom stereocenters. The van der Waals surface area contributed by atoms with Crippen LogP contribution in [-0.2, 0) is 9.84 Å². The summed E-state index contributed by atoms with van der Waals surface area (Å²) >= 11 is 0. The van der Waals surface area contributed by atoms with Crippen molar-refractivity contribution in [1.82, 2.24) is 19.1 Å². The Labute approximate surface area is 172 Å². The van der Waals surface area contributed by atoms with Crippen molar-refractivity contribution in [1.29, 1.82) is 0 Å². The summed E-state index contributed by atoms with van der Waals surface area (Å²) < 4.78 is 26.4. The zero-order valence-electron chi connectivity index (χ0n) is 16.3. The van der Waals surface area contributed by atoms with Crippen LogP contribution >= 0.6 is 0 Å². The van der Waals surface area contributed by atoms with E-state index < -0.39 is 27.1 Å². The van der Waals surface area contributed by atoms with Crippen molar-refractivity contribution in [3.05, 3.63) is 93.5 Å². The molecule has 0 radical (unpaired) electrons. The summed E-state index contributed by atoms with van der Waals surface area (Å²) in [6, 6.07) is 13.8. The monoisotopic (exact) mass is 422 g/mol. The molecule has 8 nitrogen and oxygen atoms in total. The molecule has 3 heterocycles. The molecular weight excluding hydrogens is 404 g/mol. The van der Waals surface area contributed by atoms with Gasteiger partial charge in [-0.05, 0) is 49.4 Å². The van der Waals surface area contributed by atoms with Gasteiger partial charge in [-0.15, -0.1) is 0 Å². The molecule has 0 saturated heterocycles. The molecule has 1 aromatic carbocycles. The van der Waals surface area contributed by atoms with Crippen LogP contribution in [0.15, 0.2) is 81.5 Å². The smallest absolute Gasteiger partial charge is 0.268 e. The van der Waals surface area contributed by atoms with E-state index in [0.29, 0.717) is 11.4 Å². The predicted molar refractivity (Wildman–Crippen MR) is 113 cm³/mol. The van der Waals surface area contributed by atoms with Gasteiger partial charge < -0.3 is 0 Å². The number of aromatic nitrogens is 4. The number of fused-ring (bicyclic) bond motifs is 1. The van der Waals surface area contributed by atoms with Gasteiger partial charge in [-0.1, -0.05) is 12.1 Å². The van der Waals surface area contributed by atoms with E-state index in [0.717, 1.165) is 10.8 Å². The Morgan fingerprint density at radius 3 is 2.40 bits per heavy atom. The minimum Gasteiger partial charge on any atom is -0.268 e. The minimum absolute atomic E-state index is 0.0616. The van der Waals surface area contributed by atoms with Crippen LogP contribution in [0, 0.1) is 0 Å². The molecule has 152 valence electrons. The molecule has 0 amide bonds. The Balaban J connectivity index is 2.09. The third kappa shape index (κ3) is 3.33. The lowest BCUT2D eigenvalue weighted by Gasteiger charge is -2.18. The molecular formula is C21H18N4O4S.